The number of ether oxygens (including phenoxy) is 3. The third-order valence-corrected chi connectivity index (χ3v) is 4.70. The molecule has 4 rings (SSSR count). The van der Waals surface area contributed by atoms with Crippen molar-refractivity contribution >= 4 is 5.91 Å². The van der Waals surface area contributed by atoms with Gasteiger partial charge in [0.15, 0.2) is 23.9 Å². The number of aryl methyl sites for hydroxylation is 1. The van der Waals surface area contributed by atoms with Crippen molar-refractivity contribution < 1.29 is 23.5 Å². The molecule has 3 heterocycles. The van der Waals surface area contributed by atoms with E-state index in [9.17, 15) is 4.79 Å². The highest BCUT2D eigenvalue weighted by Crippen LogP contribution is 2.41. The van der Waals surface area contributed by atoms with Crippen molar-refractivity contribution in [1.82, 2.24) is 15.0 Å². The Balaban J connectivity index is 1.46. The van der Waals surface area contributed by atoms with Crippen LogP contribution >= 0.6 is 0 Å². The maximum absolute atomic E-state index is 12.8. The molecule has 0 N–H and O–H groups in total. The van der Waals surface area contributed by atoms with Crippen molar-refractivity contribution in [2.45, 2.75) is 38.8 Å². The van der Waals surface area contributed by atoms with E-state index in [-0.39, 0.29) is 24.2 Å². The monoisotopic (exact) mass is 373 g/mol. The summed E-state index contributed by atoms with van der Waals surface area (Å²) in [6.07, 6.45) is 0.816. The standard InChI is InChI=1S/C19H23N3O5/c1-12-20-18(21-27-12)14-10-24-8-7-22(14)16(23)11-25-15-6-4-5-13-9-19(2,3)26-17(13)15/h4-6,14H,7-11H2,1-3H3/t14-/m1/s1. The third kappa shape index (κ3) is 3.62. The second-order valence-corrected chi connectivity index (χ2v) is 7.42. The minimum absolute atomic E-state index is 0.0897. The smallest absolute Gasteiger partial charge is 0.261 e. The van der Waals surface area contributed by atoms with Crippen LogP contribution in [0.15, 0.2) is 22.7 Å². The Hall–Kier alpha value is -2.61. The van der Waals surface area contributed by atoms with Crippen LogP contribution in [0.4, 0.5) is 0 Å². The molecule has 0 radical (unpaired) electrons. The van der Waals surface area contributed by atoms with Crippen molar-refractivity contribution in [1.29, 1.82) is 0 Å². The Morgan fingerprint density at radius 3 is 3.04 bits per heavy atom. The van der Waals surface area contributed by atoms with Crippen LogP contribution in [0.3, 0.4) is 0 Å². The predicted molar refractivity (Wildman–Crippen MR) is 94.7 cm³/mol. The Morgan fingerprint density at radius 1 is 1.41 bits per heavy atom. The molecule has 1 atom stereocenters. The number of morpholine rings is 1. The number of carbonyl (C=O) groups excluding carboxylic acids is 1. The minimum atomic E-state index is -0.371. The summed E-state index contributed by atoms with van der Waals surface area (Å²) in [6, 6.07) is 5.40. The first-order valence-electron chi connectivity index (χ1n) is 9.04. The quantitative estimate of drug-likeness (QED) is 0.811. The molecule has 0 bridgehead atoms. The Labute approximate surface area is 157 Å². The molecule has 1 saturated heterocycles. The fourth-order valence-electron chi connectivity index (χ4n) is 3.49. The lowest BCUT2D eigenvalue weighted by Crippen LogP contribution is -2.45. The summed E-state index contributed by atoms with van der Waals surface area (Å²) in [4.78, 5) is 18.7. The highest BCUT2D eigenvalue weighted by Gasteiger charge is 2.34. The summed E-state index contributed by atoms with van der Waals surface area (Å²) in [6.45, 7) is 6.96. The van der Waals surface area contributed by atoms with Crippen LogP contribution in [-0.4, -0.2) is 52.9 Å². The Kier molecular flexibility index (Phi) is 4.51. The number of hydrogen-bond acceptors (Lipinski definition) is 7. The SMILES string of the molecule is Cc1nc([C@H]2COCCN2C(=O)COc2cccc3c2OC(C)(C)C3)no1. The zero-order valence-corrected chi connectivity index (χ0v) is 15.7. The van der Waals surface area contributed by atoms with Crippen LogP contribution in [0.2, 0.25) is 0 Å². The van der Waals surface area contributed by atoms with Gasteiger partial charge in [-0.2, -0.15) is 4.98 Å². The van der Waals surface area contributed by atoms with Gasteiger partial charge in [-0.3, -0.25) is 4.79 Å². The lowest BCUT2D eigenvalue weighted by Gasteiger charge is -2.33. The number of hydrogen-bond donors (Lipinski definition) is 0. The van der Waals surface area contributed by atoms with E-state index in [1.165, 1.54) is 0 Å². The van der Waals surface area contributed by atoms with Crippen molar-refractivity contribution in [2.75, 3.05) is 26.4 Å². The number of amides is 1. The zero-order valence-electron chi connectivity index (χ0n) is 15.7. The molecule has 27 heavy (non-hydrogen) atoms. The lowest BCUT2D eigenvalue weighted by atomic mass is 10.0. The summed E-state index contributed by atoms with van der Waals surface area (Å²) in [5.74, 6) is 2.07. The normalized spacial score (nSPS) is 20.9. The molecule has 0 saturated carbocycles. The summed E-state index contributed by atoms with van der Waals surface area (Å²) >= 11 is 0. The molecule has 1 amide bonds. The summed E-state index contributed by atoms with van der Waals surface area (Å²) in [5.41, 5.74) is 0.828. The van der Waals surface area contributed by atoms with Crippen LogP contribution in [0.1, 0.15) is 37.2 Å². The molecule has 144 valence electrons. The van der Waals surface area contributed by atoms with E-state index in [0.29, 0.717) is 37.2 Å². The Bertz CT molecular complexity index is 848. The second kappa shape index (κ2) is 6.84. The van der Waals surface area contributed by atoms with Crippen LogP contribution < -0.4 is 9.47 Å². The molecule has 1 aromatic heterocycles. The van der Waals surface area contributed by atoms with Gasteiger partial charge in [-0.25, -0.2) is 0 Å². The van der Waals surface area contributed by atoms with Crippen LogP contribution in [-0.2, 0) is 16.0 Å². The highest BCUT2D eigenvalue weighted by molar-refractivity contribution is 5.78. The first kappa shape index (κ1) is 17.8. The topological polar surface area (TPSA) is 86.9 Å². The molecule has 0 unspecified atom stereocenters. The second-order valence-electron chi connectivity index (χ2n) is 7.42. The van der Waals surface area contributed by atoms with Gasteiger partial charge >= 0.3 is 0 Å². The van der Waals surface area contributed by atoms with Crippen LogP contribution in [0, 0.1) is 6.92 Å². The fraction of sp³-hybridized carbons (Fsp3) is 0.526. The van der Waals surface area contributed by atoms with E-state index in [1.54, 1.807) is 11.8 Å². The van der Waals surface area contributed by atoms with E-state index >= 15 is 0 Å². The predicted octanol–water partition coefficient (Wildman–Crippen LogP) is 2.07. The minimum Gasteiger partial charge on any atom is -0.483 e. The number of rotatable bonds is 4. The van der Waals surface area contributed by atoms with Gasteiger partial charge in [0.05, 0.1) is 13.2 Å². The Morgan fingerprint density at radius 2 is 2.26 bits per heavy atom. The van der Waals surface area contributed by atoms with Gasteiger partial charge in [-0.15, -0.1) is 0 Å². The molecule has 8 heteroatoms. The van der Waals surface area contributed by atoms with Gasteiger partial charge in [0.25, 0.3) is 5.91 Å². The molecule has 8 nitrogen and oxygen atoms in total. The molecule has 2 aliphatic rings. The van der Waals surface area contributed by atoms with Gasteiger partial charge < -0.3 is 23.6 Å². The number of para-hydroxylation sites is 1. The molecule has 2 aliphatic heterocycles. The van der Waals surface area contributed by atoms with E-state index in [1.807, 2.05) is 32.0 Å². The number of aromatic nitrogens is 2. The number of carbonyl (C=O) groups is 1. The van der Waals surface area contributed by atoms with Gasteiger partial charge in [-0.1, -0.05) is 17.3 Å². The average Bonchev–Trinajstić information content (AvgIpc) is 3.21. The van der Waals surface area contributed by atoms with Crippen molar-refractivity contribution in [3.63, 3.8) is 0 Å². The van der Waals surface area contributed by atoms with Crippen molar-refractivity contribution in [3.8, 4) is 11.5 Å². The molecule has 0 aliphatic carbocycles. The summed E-state index contributed by atoms with van der Waals surface area (Å²) < 4.78 is 22.4. The van der Waals surface area contributed by atoms with E-state index in [2.05, 4.69) is 10.1 Å². The first-order valence-corrected chi connectivity index (χ1v) is 9.04. The zero-order chi connectivity index (χ0) is 19.0. The number of fused-ring (bicyclic) bond motifs is 1. The van der Waals surface area contributed by atoms with Crippen molar-refractivity contribution in [2.24, 2.45) is 0 Å². The number of benzene rings is 1. The van der Waals surface area contributed by atoms with Gasteiger partial charge in [0, 0.05) is 25.5 Å². The van der Waals surface area contributed by atoms with Gasteiger partial charge in [0.1, 0.15) is 11.6 Å². The largest absolute Gasteiger partial charge is 0.483 e. The third-order valence-electron chi connectivity index (χ3n) is 4.70. The van der Waals surface area contributed by atoms with Crippen LogP contribution in [0.25, 0.3) is 0 Å². The fourth-order valence-corrected chi connectivity index (χ4v) is 3.49. The molecular weight excluding hydrogens is 350 g/mol. The van der Waals surface area contributed by atoms with E-state index < -0.39 is 0 Å². The molecule has 2 aromatic rings. The average molecular weight is 373 g/mol. The highest BCUT2D eigenvalue weighted by atomic mass is 16.5. The summed E-state index contributed by atoms with van der Waals surface area (Å²) in [7, 11) is 0. The molecule has 0 spiro atoms. The van der Waals surface area contributed by atoms with Crippen molar-refractivity contribution in [3.05, 3.63) is 35.5 Å². The number of nitrogens with zero attached hydrogens (tertiary/aromatic N) is 3. The first-order chi connectivity index (χ1) is 12.9. The lowest BCUT2D eigenvalue weighted by molar-refractivity contribution is -0.142. The summed E-state index contributed by atoms with van der Waals surface area (Å²) in [5, 5.41) is 3.93. The van der Waals surface area contributed by atoms with Gasteiger partial charge in [0.2, 0.25) is 5.89 Å². The molecule has 1 aromatic carbocycles. The van der Waals surface area contributed by atoms with E-state index in [0.717, 1.165) is 17.7 Å². The van der Waals surface area contributed by atoms with Crippen LogP contribution in [0.5, 0.6) is 11.5 Å². The maximum atomic E-state index is 12.8. The maximum Gasteiger partial charge on any atom is 0.261 e. The molecule has 1 fully saturated rings. The molecular formula is C19H23N3O5. The van der Waals surface area contributed by atoms with E-state index in [4.69, 9.17) is 18.7 Å². The van der Waals surface area contributed by atoms with Gasteiger partial charge in [-0.05, 0) is 19.9 Å².